The maximum Gasteiger partial charge on any atom is 0.371 e. The van der Waals surface area contributed by atoms with Gasteiger partial charge in [0.15, 0.2) is 5.09 Å². The van der Waals surface area contributed by atoms with Gasteiger partial charge in [0.1, 0.15) is 0 Å². The zero-order valence-electron chi connectivity index (χ0n) is 9.84. The van der Waals surface area contributed by atoms with E-state index in [9.17, 15) is 14.4 Å². The molecule has 3 amide bonds. The van der Waals surface area contributed by atoms with Crippen molar-refractivity contribution in [3.05, 3.63) is 30.5 Å². The molecule has 1 aromatic heterocycles. The van der Waals surface area contributed by atoms with Gasteiger partial charge in [0.05, 0.1) is 5.75 Å². The van der Waals surface area contributed by atoms with Crippen LogP contribution in [-0.4, -0.2) is 35.3 Å². The second kappa shape index (κ2) is 7.27. The fourth-order valence-corrected chi connectivity index (χ4v) is 1.68. The summed E-state index contributed by atoms with van der Waals surface area (Å²) in [7, 11) is 0. The number of rotatable bonds is 6. The fourth-order valence-electron chi connectivity index (χ4n) is 1.02. The third-order valence-electron chi connectivity index (χ3n) is 1.80. The van der Waals surface area contributed by atoms with Crippen LogP contribution >= 0.6 is 11.8 Å². The van der Waals surface area contributed by atoms with Crippen LogP contribution in [0.25, 0.3) is 0 Å². The molecule has 8 heteroatoms. The summed E-state index contributed by atoms with van der Waals surface area (Å²) >= 11 is 0.990. The summed E-state index contributed by atoms with van der Waals surface area (Å²) in [5.41, 5.74) is 0. The van der Waals surface area contributed by atoms with E-state index in [4.69, 9.17) is 9.52 Å². The zero-order chi connectivity index (χ0) is 14.3. The SMILES string of the molecule is C=CCNC(=O)NC(=O)CSc1ccc(C(=O)O)o1. The molecular weight excluding hydrogens is 272 g/mol. The van der Waals surface area contributed by atoms with E-state index in [0.717, 1.165) is 11.8 Å². The molecule has 0 atom stereocenters. The van der Waals surface area contributed by atoms with Crippen LogP contribution in [0.1, 0.15) is 10.6 Å². The molecule has 1 heterocycles. The van der Waals surface area contributed by atoms with Crippen molar-refractivity contribution in [1.29, 1.82) is 0 Å². The van der Waals surface area contributed by atoms with Gasteiger partial charge in [-0.15, -0.1) is 6.58 Å². The molecule has 1 aromatic rings. The van der Waals surface area contributed by atoms with Gasteiger partial charge in [0, 0.05) is 6.54 Å². The number of amides is 3. The molecular formula is C11H12N2O5S. The van der Waals surface area contributed by atoms with Crippen LogP contribution in [0.4, 0.5) is 4.79 Å². The van der Waals surface area contributed by atoms with E-state index in [2.05, 4.69) is 17.2 Å². The van der Waals surface area contributed by atoms with Gasteiger partial charge in [-0.2, -0.15) is 0 Å². The first-order valence-electron chi connectivity index (χ1n) is 5.17. The lowest BCUT2D eigenvalue weighted by atomic mass is 10.5. The highest BCUT2D eigenvalue weighted by molar-refractivity contribution is 7.99. The van der Waals surface area contributed by atoms with E-state index in [1.54, 1.807) is 0 Å². The Labute approximate surface area is 113 Å². The van der Waals surface area contributed by atoms with Gasteiger partial charge in [-0.3, -0.25) is 10.1 Å². The Morgan fingerprint density at radius 3 is 2.74 bits per heavy atom. The molecule has 0 aromatic carbocycles. The standard InChI is InChI=1S/C11H12N2O5S/c1-2-5-12-11(17)13-8(14)6-19-9-4-3-7(18-9)10(15)16/h2-4H,1,5-6H2,(H,15,16)(H2,12,13,14,17). The second-order valence-corrected chi connectivity index (χ2v) is 4.24. The molecule has 7 nitrogen and oxygen atoms in total. The van der Waals surface area contributed by atoms with E-state index in [-0.39, 0.29) is 18.1 Å². The predicted molar refractivity (Wildman–Crippen MR) is 68.1 cm³/mol. The minimum Gasteiger partial charge on any atom is -0.475 e. The fraction of sp³-hybridized carbons (Fsp3) is 0.182. The number of urea groups is 1. The van der Waals surface area contributed by atoms with Crippen molar-refractivity contribution >= 4 is 29.7 Å². The first-order valence-corrected chi connectivity index (χ1v) is 6.16. The summed E-state index contributed by atoms with van der Waals surface area (Å²) in [6.45, 7) is 3.67. The average molecular weight is 284 g/mol. The lowest BCUT2D eigenvalue weighted by Crippen LogP contribution is -2.40. The van der Waals surface area contributed by atoms with E-state index >= 15 is 0 Å². The van der Waals surface area contributed by atoms with Crippen molar-refractivity contribution < 1.29 is 23.9 Å². The van der Waals surface area contributed by atoms with Gasteiger partial charge in [-0.1, -0.05) is 17.8 Å². The minimum absolute atomic E-state index is 0.0614. The summed E-state index contributed by atoms with van der Waals surface area (Å²) < 4.78 is 4.93. The number of imide groups is 1. The van der Waals surface area contributed by atoms with Crippen LogP contribution in [0.15, 0.2) is 34.3 Å². The van der Waals surface area contributed by atoms with Crippen LogP contribution in [0.5, 0.6) is 0 Å². The lowest BCUT2D eigenvalue weighted by Gasteiger charge is -2.03. The maximum absolute atomic E-state index is 11.4. The summed E-state index contributed by atoms with van der Waals surface area (Å²) in [6, 6.07) is 2.12. The summed E-state index contributed by atoms with van der Waals surface area (Å²) in [5, 5.41) is 13.4. The number of carbonyl (C=O) groups excluding carboxylic acids is 2. The molecule has 0 aliphatic rings. The highest BCUT2D eigenvalue weighted by Crippen LogP contribution is 2.20. The molecule has 0 bridgehead atoms. The smallest absolute Gasteiger partial charge is 0.371 e. The second-order valence-electron chi connectivity index (χ2n) is 3.26. The molecule has 0 radical (unpaired) electrons. The van der Waals surface area contributed by atoms with Crippen LogP contribution in [0, 0.1) is 0 Å². The number of carboxylic acid groups (broad SMARTS) is 1. The highest BCUT2D eigenvalue weighted by Gasteiger charge is 2.12. The molecule has 0 unspecified atom stereocenters. The Morgan fingerprint density at radius 2 is 2.16 bits per heavy atom. The molecule has 0 aliphatic heterocycles. The van der Waals surface area contributed by atoms with Gasteiger partial charge < -0.3 is 14.8 Å². The van der Waals surface area contributed by atoms with Crippen LogP contribution in [0.2, 0.25) is 0 Å². The van der Waals surface area contributed by atoms with E-state index in [0.29, 0.717) is 5.09 Å². The number of hydrogen-bond acceptors (Lipinski definition) is 5. The number of aromatic carboxylic acids is 1. The summed E-state index contributed by atoms with van der Waals surface area (Å²) in [6.07, 6.45) is 1.48. The predicted octanol–water partition coefficient (Wildman–Crippen LogP) is 1.08. The van der Waals surface area contributed by atoms with Gasteiger partial charge in [-0.05, 0) is 12.1 Å². The van der Waals surface area contributed by atoms with Gasteiger partial charge >= 0.3 is 12.0 Å². The van der Waals surface area contributed by atoms with Crippen LogP contribution < -0.4 is 10.6 Å². The number of hydrogen-bond donors (Lipinski definition) is 3. The van der Waals surface area contributed by atoms with E-state index in [1.165, 1.54) is 18.2 Å². The Bertz CT molecular complexity index is 497. The molecule has 102 valence electrons. The molecule has 0 saturated heterocycles. The van der Waals surface area contributed by atoms with Crippen molar-refractivity contribution in [2.24, 2.45) is 0 Å². The molecule has 0 fully saturated rings. The van der Waals surface area contributed by atoms with Crippen molar-refractivity contribution in [2.45, 2.75) is 5.09 Å². The quantitative estimate of drug-likeness (QED) is 0.533. The van der Waals surface area contributed by atoms with Gasteiger partial charge in [-0.25, -0.2) is 9.59 Å². The Hall–Kier alpha value is -2.22. The third kappa shape index (κ3) is 5.30. The van der Waals surface area contributed by atoms with Crippen molar-refractivity contribution in [3.63, 3.8) is 0 Å². The first-order chi connectivity index (χ1) is 9.02. The van der Waals surface area contributed by atoms with Crippen molar-refractivity contribution in [2.75, 3.05) is 12.3 Å². The molecule has 0 saturated carbocycles. The van der Waals surface area contributed by atoms with Crippen LogP contribution in [0.3, 0.4) is 0 Å². The summed E-state index contributed by atoms with van der Waals surface area (Å²) in [5.74, 6) is -1.96. The van der Waals surface area contributed by atoms with E-state index in [1.807, 2.05) is 0 Å². The Morgan fingerprint density at radius 1 is 1.42 bits per heavy atom. The lowest BCUT2D eigenvalue weighted by molar-refractivity contribution is -0.117. The zero-order valence-corrected chi connectivity index (χ0v) is 10.7. The molecule has 1 rings (SSSR count). The Balaban J connectivity index is 2.35. The number of thioether (sulfide) groups is 1. The number of nitrogens with one attached hydrogen (secondary N) is 2. The summed E-state index contributed by atoms with van der Waals surface area (Å²) in [4.78, 5) is 33.0. The maximum atomic E-state index is 11.4. The number of carboxylic acids is 1. The highest BCUT2D eigenvalue weighted by atomic mass is 32.2. The van der Waals surface area contributed by atoms with Gasteiger partial charge in [0.25, 0.3) is 0 Å². The molecule has 0 spiro atoms. The van der Waals surface area contributed by atoms with Crippen molar-refractivity contribution in [3.8, 4) is 0 Å². The largest absolute Gasteiger partial charge is 0.475 e. The van der Waals surface area contributed by atoms with Crippen molar-refractivity contribution in [1.82, 2.24) is 10.6 Å². The van der Waals surface area contributed by atoms with Gasteiger partial charge in [0.2, 0.25) is 11.7 Å². The average Bonchev–Trinajstić information content (AvgIpc) is 2.83. The van der Waals surface area contributed by atoms with E-state index < -0.39 is 17.9 Å². The normalized spacial score (nSPS) is 9.68. The molecule has 19 heavy (non-hydrogen) atoms. The third-order valence-corrected chi connectivity index (χ3v) is 2.71. The Kier molecular flexibility index (Phi) is 5.68. The monoisotopic (exact) mass is 284 g/mol. The number of carbonyl (C=O) groups is 3. The number of furan rings is 1. The molecule has 0 aliphatic carbocycles. The topological polar surface area (TPSA) is 109 Å². The molecule has 3 N–H and O–H groups in total. The van der Waals surface area contributed by atoms with Crippen LogP contribution in [-0.2, 0) is 4.79 Å². The minimum atomic E-state index is -1.18. The first kappa shape index (κ1) is 14.8.